The van der Waals surface area contributed by atoms with Gasteiger partial charge in [0.25, 0.3) is 5.91 Å². The number of thiophene rings is 1. The third-order valence-corrected chi connectivity index (χ3v) is 3.73. The van der Waals surface area contributed by atoms with Crippen LogP contribution in [0.3, 0.4) is 0 Å². The standard InChI is InChI=1S/C13H17N3OS/c14-7-4-5-11-6-10-18-12(11)13(17)15-16-8-2-1-3-9-16/h6,10H,1-3,7-9,14H2,(H,15,17). The summed E-state index contributed by atoms with van der Waals surface area (Å²) in [5, 5.41) is 3.87. The molecule has 1 aromatic heterocycles. The number of carbonyl (C=O) groups is 1. The number of hydrogen-bond acceptors (Lipinski definition) is 4. The van der Waals surface area contributed by atoms with Crippen molar-refractivity contribution in [1.29, 1.82) is 0 Å². The van der Waals surface area contributed by atoms with Crippen molar-refractivity contribution in [1.82, 2.24) is 10.4 Å². The first-order valence-corrected chi connectivity index (χ1v) is 7.01. The van der Waals surface area contributed by atoms with Gasteiger partial charge in [-0.2, -0.15) is 0 Å². The van der Waals surface area contributed by atoms with E-state index in [2.05, 4.69) is 17.3 Å². The van der Waals surface area contributed by atoms with E-state index < -0.39 is 0 Å². The Balaban J connectivity index is 2.02. The zero-order valence-corrected chi connectivity index (χ0v) is 11.1. The molecule has 96 valence electrons. The second-order valence-corrected chi connectivity index (χ2v) is 5.07. The van der Waals surface area contributed by atoms with Crippen LogP contribution in [0.2, 0.25) is 0 Å². The highest BCUT2D eigenvalue weighted by Crippen LogP contribution is 2.16. The zero-order valence-electron chi connectivity index (χ0n) is 10.2. The van der Waals surface area contributed by atoms with Gasteiger partial charge in [0.15, 0.2) is 0 Å². The minimum atomic E-state index is -0.0618. The molecule has 2 rings (SSSR count). The molecule has 1 aromatic rings. The molecule has 4 nitrogen and oxygen atoms in total. The van der Waals surface area contributed by atoms with Crippen molar-refractivity contribution in [3.8, 4) is 11.8 Å². The van der Waals surface area contributed by atoms with E-state index in [0.29, 0.717) is 11.4 Å². The van der Waals surface area contributed by atoms with Gasteiger partial charge in [-0.15, -0.1) is 11.3 Å². The Morgan fingerprint density at radius 1 is 1.44 bits per heavy atom. The van der Waals surface area contributed by atoms with Gasteiger partial charge >= 0.3 is 0 Å². The van der Waals surface area contributed by atoms with Gasteiger partial charge in [0.2, 0.25) is 0 Å². The van der Waals surface area contributed by atoms with Gasteiger partial charge in [0.1, 0.15) is 4.88 Å². The van der Waals surface area contributed by atoms with Crippen molar-refractivity contribution in [2.45, 2.75) is 19.3 Å². The normalized spacial score (nSPS) is 15.8. The first kappa shape index (κ1) is 13.1. The summed E-state index contributed by atoms with van der Waals surface area (Å²) in [4.78, 5) is 12.8. The Labute approximate surface area is 111 Å². The van der Waals surface area contributed by atoms with Gasteiger partial charge < -0.3 is 5.73 Å². The molecular formula is C13H17N3OS. The van der Waals surface area contributed by atoms with Crippen LogP contribution in [0, 0.1) is 11.8 Å². The minimum Gasteiger partial charge on any atom is -0.320 e. The summed E-state index contributed by atoms with van der Waals surface area (Å²) in [5.74, 6) is 5.65. The molecule has 0 spiro atoms. The molecule has 1 saturated heterocycles. The lowest BCUT2D eigenvalue weighted by Gasteiger charge is -2.26. The van der Waals surface area contributed by atoms with Crippen molar-refractivity contribution >= 4 is 17.2 Å². The number of carbonyl (C=O) groups excluding carboxylic acids is 1. The molecule has 0 unspecified atom stereocenters. The summed E-state index contributed by atoms with van der Waals surface area (Å²) >= 11 is 1.41. The molecule has 1 amide bonds. The van der Waals surface area contributed by atoms with E-state index >= 15 is 0 Å². The Hall–Kier alpha value is -1.35. The topological polar surface area (TPSA) is 58.4 Å². The second-order valence-electron chi connectivity index (χ2n) is 4.16. The van der Waals surface area contributed by atoms with Crippen LogP contribution in [0.25, 0.3) is 0 Å². The summed E-state index contributed by atoms with van der Waals surface area (Å²) in [7, 11) is 0. The Morgan fingerprint density at radius 3 is 2.94 bits per heavy atom. The van der Waals surface area contributed by atoms with E-state index in [1.165, 1.54) is 17.8 Å². The van der Waals surface area contributed by atoms with Gasteiger partial charge in [0.05, 0.1) is 6.54 Å². The van der Waals surface area contributed by atoms with Crippen molar-refractivity contribution in [2.75, 3.05) is 19.6 Å². The summed E-state index contributed by atoms with van der Waals surface area (Å²) in [5.41, 5.74) is 9.05. The molecule has 5 heteroatoms. The van der Waals surface area contributed by atoms with Gasteiger partial charge in [-0.25, -0.2) is 5.01 Å². The number of nitrogens with one attached hydrogen (secondary N) is 1. The van der Waals surface area contributed by atoms with Crippen LogP contribution in [0.15, 0.2) is 11.4 Å². The number of piperidine rings is 1. The fraction of sp³-hybridized carbons (Fsp3) is 0.462. The van der Waals surface area contributed by atoms with Gasteiger partial charge in [-0.1, -0.05) is 18.3 Å². The van der Waals surface area contributed by atoms with Crippen LogP contribution >= 0.6 is 11.3 Å². The molecule has 2 heterocycles. The molecular weight excluding hydrogens is 246 g/mol. The van der Waals surface area contributed by atoms with Crippen LogP contribution in [-0.2, 0) is 0 Å². The molecule has 0 bridgehead atoms. The molecule has 1 fully saturated rings. The Morgan fingerprint density at radius 2 is 2.22 bits per heavy atom. The number of nitrogens with zero attached hydrogens (tertiary/aromatic N) is 1. The predicted molar refractivity (Wildman–Crippen MR) is 73.1 cm³/mol. The lowest BCUT2D eigenvalue weighted by atomic mass is 10.2. The predicted octanol–water partition coefficient (Wildman–Crippen LogP) is 1.19. The number of rotatable bonds is 2. The molecule has 1 aliphatic rings. The molecule has 1 aliphatic heterocycles. The number of amides is 1. The highest BCUT2D eigenvalue weighted by molar-refractivity contribution is 7.12. The van der Waals surface area contributed by atoms with Crippen LogP contribution in [0.1, 0.15) is 34.5 Å². The third-order valence-electron chi connectivity index (χ3n) is 2.81. The van der Waals surface area contributed by atoms with E-state index in [4.69, 9.17) is 5.73 Å². The Bertz CT molecular complexity index is 466. The molecule has 0 aliphatic carbocycles. The van der Waals surface area contributed by atoms with Crippen LogP contribution in [0.4, 0.5) is 0 Å². The minimum absolute atomic E-state index is 0.0618. The SMILES string of the molecule is NCC#Cc1ccsc1C(=O)NN1CCCCC1. The van der Waals surface area contributed by atoms with Crippen LogP contribution in [-0.4, -0.2) is 30.6 Å². The fourth-order valence-electron chi connectivity index (χ4n) is 1.93. The zero-order chi connectivity index (χ0) is 12.8. The molecule has 0 saturated carbocycles. The van der Waals surface area contributed by atoms with Crippen molar-refractivity contribution in [2.24, 2.45) is 5.73 Å². The van der Waals surface area contributed by atoms with E-state index in [-0.39, 0.29) is 5.91 Å². The largest absolute Gasteiger partial charge is 0.320 e. The van der Waals surface area contributed by atoms with E-state index in [9.17, 15) is 4.79 Å². The summed E-state index contributed by atoms with van der Waals surface area (Å²) in [6.45, 7) is 2.17. The van der Waals surface area contributed by atoms with Gasteiger partial charge in [-0.05, 0) is 24.3 Å². The van der Waals surface area contributed by atoms with E-state index in [0.717, 1.165) is 31.5 Å². The molecule has 0 atom stereocenters. The monoisotopic (exact) mass is 263 g/mol. The number of hydrazine groups is 1. The third kappa shape index (κ3) is 3.33. The number of hydrogen-bond donors (Lipinski definition) is 2. The smallest absolute Gasteiger partial charge is 0.276 e. The molecule has 3 N–H and O–H groups in total. The molecule has 18 heavy (non-hydrogen) atoms. The van der Waals surface area contributed by atoms with E-state index in [1.54, 1.807) is 0 Å². The van der Waals surface area contributed by atoms with Crippen LogP contribution < -0.4 is 11.2 Å². The number of nitrogens with two attached hydrogens (primary N) is 1. The second kappa shape index (κ2) is 6.55. The van der Waals surface area contributed by atoms with Crippen molar-refractivity contribution < 1.29 is 4.79 Å². The van der Waals surface area contributed by atoms with Crippen molar-refractivity contribution in [3.63, 3.8) is 0 Å². The first-order valence-electron chi connectivity index (χ1n) is 6.13. The fourth-order valence-corrected chi connectivity index (χ4v) is 2.67. The van der Waals surface area contributed by atoms with Crippen molar-refractivity contribution in [3.05, 3.63) is 21.9 Å². The highest BCUT2D eigenvalue weighted by Gasteiger charge is 2.16. The maximum atomic E-state index is 12.1. The Kier molecular flexibility index (Phi) is 4.76. The maximum Gasteiger partial charge on any atom is 0.276 e. The average Bonchev–Trinajstić information content (AvgIpc) is 2.86. The quantitative estimate of drug-likeness (QED) is 0.788. The van der Waals surface area contributed by atoms with Gasteiger partial charge in [-0.3, -0.25) is 10.2 Å². The highest BCUT2D eigenvalue weighted by atomic mass is 32.1. The molecule has 0 radical (unpaired) electrons. The molecule has 0 aromatic carbocycles. The lowest BCUT2D eigenvalue weighted by Crippen LogP contribution is -2.44. The van der Waals surface area contributed by atoms with Crippen LogP contribution in [0.5, 0.6) is 0 Å². The first-order chi connectivity index (χ1) is 8.81. The summed E-state index contributed by atoms with van der Waals surface area (Å²) < 4.78 is 0. The van der Waals surface area contributed by atoms with E-state index in [1.807, 2.05) is 16.5 Å². The summed E-state index contributed by atoms with van der Waals surface area (Å²) in [6, 6.07) is 1.86. The summed E-state index contributed by atoms with van der Waals surface area (Å²) in [6.07, 6.45) is 3.54. The maximum absolute atomic E-state index is 12.1. The average molecular weight is 263 g/mol. The lowest BCUT2D eigenvalue weighted by molar-refractivity contribution is 0.0754. The van der Waals surface area contributed by atoms with Gasteiger partial charge in [0, 0.05) is 18.7 Å².